The number of nitrogens with one attached hydrogen (secondary N) is 1. The first-order valence-electron chi connectivity index (χ1n) is 7.01. The first-order valence-corrected chi connectivity index (χ1v) is 7.01. The molecule has 0 atom stereocenters. The van der Waals surface area contributed by atoms with Crippen LogP contribution in [0.4, 0.5) is 5.82 Å². The van der Waals surface area contributed by atoms with Crippen molar-refractivity contribution in [2.24, 2.45) is 0 Å². The lowest BCUT2D eigenvalue weighted by Crippen LogP contribution is -2.09. The molecule has 0 saturated heterocycles. The minimum atomic E-state index is 0.142. The molecule has 0 aliphatic heterocycles. The molecule has 0 aliphatic carbocycles. The highest BCUT2D eigenvalue weighted by Crippen LogP contribution is 2.14. The Labute approximate surface area is 123 Å². The van der Waals surface area contributed by atoms with Gasteiger partial charge in [0.25, 0.3) is 0 Å². The lowest BCUT2D eigenvalue weighted by atomic mass is 10.1. The van der Waals surface area contributed by atoms with E-state index in [1.807, 2.05) is 66.7 Å². The molecule has 0 amide bonds. The molecule has 1 N–H and O–H groups in total. The highest BCUT2D eigenvalue weighted by Gasteiger charge is 2.04. The van der Waals surface area contributed by atoms with E-state index in [1.54, 1.807) is 0 Å². The molecule has 3 rings (SSSR count). The number of Topliss-reactive ketones (excluding diaryl/α,β-unsaturated/α-hetero) is 1. The fraction of sp³-hybridized carbons (Fsp3) is 0.111. The van der Waals surface area contributed by atoms with E-state index < -0.39 is 0 Å². The lowest BCUT2D eigenvalue weighted by molar-refractivity contribution is 0.0986. The van der Waals surface area contributed by atoms with Gasteiger partial charge in [-0.2, -0.15) is 0 Å². The number of aromatic nitrogens is 1. The summed E-state index contributed by atoms with van der Waals surface area (Å²) in [7, 11) is 0. The largest absolute Gasteiger partial charge is 0.370 e. The number of carbonyl (C=O) groups is 1. The van der Waals surface area contributed by atoms with Crippen LogP contribution in [0.5, 0.6) is 0 Å². The van der Waals surface area contributed by atoms with Crippen molar-refractivity contribution >= 4 is 22.5 Å². The molecule has 0 bridgehead atoms. The summed E-state index contributed by atoms with van der Waals surface area (Å²) < 4.78 is 0. The number of benzene rings is 2. The van der Waals surface area contributed by atoms with Crippen LogP contribution in [-0.4, -0.2) is 17.3 Å². The maximum Gasteiger partial charge on any atom is 0.164 e. The summed E-state index contributed by atoms with van der Waals surface area (Å²) >= 11 is 0. The standard InChI is InChI=1S/C18H16N2O/c21-17(15-7-2-1-3-8-15)12-13-19-18-11-10-14-6-4-5-9-16(14)20-18/h1-11H,12-13H2,(H,19,20). The average Bonchev–Trinajstić information content (AvgIpc) is 2.55. The van der Waals surface area contributed by atoms with Gasteiger partial charge in [0, 0.05) is 23.9 Å². The number of anilines is 1. The number of para-hydroxylation sites is 1. The zero-order valence-electron chi connectivity index (χ0n) is 11.6. The van der Waals surface area contributed by atoms with E-state index in [4.69, 9.17) is 0 Å². The van der Waals surface area contributed by atoms with E-state index in [1.165, 1.54) is 0 Å². The number of ketones is 1. The van der Waals surface area contributed by atoms with Gasteiger partial charge in [-0.15, -0.1) is 0 Å². The van der Waals surface area contributed by atoms with Crippen LogP contribution in [0.2, 0.25) is 0 Å². The summed E-state index contributed by atoms with van der Waals surface area (Å²) in [4.78, 5) is 16.5. The SMILES string of the molecule is O=C(CCNc1ccc2ccccc2n1)c1ccccc1. The average molecular weight is 276 g/mol. The van der Waals surface area contributed by atoms with Gasteiger partial charge in [-0.25, -0.2) is 4.98 Å². The molecule has 1 aromatic heterocycles. The van der Waals surface area contributed by atoms with Crippen LogP contribution in [0.25, 0.3) is 10.9 Å². The van der Waals surface area contributed by atoms with Gasteiger partial charge in [0.05, 0.1) is 5.52 Å². The molecule has 0 aliphatic rings. The van der Waals surface area contributed by atoms with Crippen LogP contribution in [0.3, 0.4) is 0 Å². The van der Waals surface area contributed by atoms with Crippen molar-refractivity contribution < 1.29 is 4.79 Å². The molecule has 0 unspecified atom stereocenters. The molecule has 0 spiro atoms. The number of hydrogen-bond donors (Lipinski definition) is 1. The van der Waals surface area contributed by atoms with Gasteiger partial charge in [-0.1, -0.05) is 48.5 Å². The second kappa shape index (κ2) is 6.18. The van der Waals surface area contributed by atoms with Crippen molar-refractivity contribution in [1.82, 2.24) is 4.98 Å². The number of hydrogen-bond acceptors (Lipinski definition) is 3. The minimum absolute atomic E-state index is 0.142. The van der Waals surface area contributed by atoms with E-state index in [0.717, 1.165) is 22.3 Å². The Bertz CT molecular complexity index is 753. The molecule has 3 nitrogen and oxygen atoms in total. The van der Waals surface area contributed by atoms with Crippen LogP contribution in [-0.2, 0) is 0 Å². The summed E-state index contributed by atoms with van der Waals surface area (Å²) in [5.41, 5.74) is 1.71. The summed E-state index contributed by atoms with van der Waals surface area (Å²) in [5, 5.41) is 4.32. The Morgan fingerprint density at radius 3 is 2.52 bits per heavy atom. The zero-order valence-corrected chi connectivity index (χ0v) is 11.6. The first-order chi connectivity index (χ1) is 10.3. The molecular weight excluding hydrogens is 260 g/mol. The monoisotopic (exact) mass is 276 g/mol. The quantitative estimate of drug-likeness (QED) is 0.718. The highest BCUT2D eigenvalue weighted by atomic mass is 16.1. The van der Waals surface area contributed by atoms with Crippen LogP contribution in [0.15, 0.2) is 66.7 Å². The van der Waals surface area contributed by atoms with Crippen molar-refractivity contribution in [2.45, 2.75) is 6.42 Å². The molecule has 3 aromatic rings. The van der Waals surface area contributed by atoms with Gasteiger partial charge in [-0.05, 0) is 18.2 Å². The van der Waals surface area contributed by atoms with Crippen LogP contribution >= 0.6 is 0 Å². The van der Waals surface area contributed by atoms with E-state index in [9.17, 15) is 4.79 Å². The minimum Gasteiger partial charge on any atom is -0.370 e. The lowest BCUT2D eigenvalue weighted by Gasteiger charge is -2.06. The second-order valence-electron chi connectivity index (χ2n) is 4.86. The fourth-order valence-electron chi connectivity index (χ4n) is 2.24. The number of carbonyl (C=O) groups excluding carboxylic acids is 1. The third kappa shape index (κ3) is 3.26. The predicted octanol–water partition coefficient (Wildman–Crippen LogP) is 3.92. The van der Waals surface area contributed by atoms with E-state index >= 15 is 0 Å². The Kier molecular flexibility index (Phi) is 3.92. The predicted molar refractivity (Wildman–Crippen MR) is 85.6 cm³/mol. The fourth-order valence-corrected chi connectivity index (χ4v) is 2.24. The van der Waals surface area contributed by atoms with E-state index in [-0.39, 0.29) is 5.78 Å². The van der Waals surface area contributed by atoms with Gasteiger partial charge in [0.1, 0.15) is 5.82 Å². The van der Waals surface area contributed by atoms with Crippen molar-refractivity contribution in [3.8, 4) is 0 Å². The molecule has 0 fully saturated rings. The van der Waals surface area contributed by atoms with E-state index in [2.05, 4.69) is 10.3 Å². The normalized spacial score (nSPS) is 10.5. The van der Waals surface area contributed by atoms with Gasteiger partial charge in [-0.3, -0.25) is 4.79 Å². The molecule has 1 heterocycles. The van der Waals surface area contributed by atoms with Crippen molar-refractivity contribution in [1.29, 1.82) is 0 Å². The molecule has 0 saturated carbocycles. The number of nitrogens with zero attached hydrogens (tertiary/aromatic N) is 1. The Morgan fingerprint density at radius 2 is 1.67 bits per heavy atom. The molecule has 21 heavy (non-hydrogen) atoms. The number of rotatable bonds is 5. The van der Waals surface area contributed by atoms with Gasteiger partial charge in [0.2, 0.25) is 0 Å². The van der Waals surface area contributed by atoms with Crippen molar-refractivity contribution in [2.75, 3.05) is 11.9 Å². The number of fused-ring (bicyclic) bond motifs is 1. The van der Waals surface area contributed by atoms with Gasteiger partial charge < -0.3 is 5.32 Å². The molecular formula is C18H16N2O. The summed E-state index contributed by atoms with van der Waals surface area (Å²) in [5.74, 6) is 0.943. The third-order valence-electron chi connectivity index (χ3n) is 3.35. The second-order valence-corrected chi connectivity index (χ2v) is 4.86. The smallest absolute Gasteiger partial charge is 0.164 e. The zero-order chi connectivity index (χ0) is 14.5. The third-order valence-corrected chi connectivity index (χ3v) is 3.35. The first kappa shape index (κ1) is 13.3. The van der Waals surface area contributed by atoms with Crippen molar-refractivity contribution in [3.63, 3.8) is 0 Å². The Morgan fingerprint density at radius 1 is 0.905 bits per heavy atom. The summed E-state index contributed by atoms with van der Waals surface area (Å²) in [6, 6.07) is 21.3. The summed E-state index contributed by atoms with van der Waals surface area (Å²) in [6.45, 7) is 0.582. The van der Waals surface area contributed by atoms with Crippen LogP contribution in [0, 0.1) is 0 Å². The maximum absolute atomic E-state index is 12.0. The molecule has 104 valence electrons. The number of pyridine rings is 1. The van der Waals surface area contributed by atoms with Crippen molar-refractivity contribution in [3.05, 3.63) is 72.3 Å². The van der Waals surface area contributed by atoms with Gasteiger partial charge in [0.15, 0.2) is 5.78 Å². The van der Waals surface area contributed by atoms with Crippen LogP contribution in [0.1, 0.15) is 16.8 Å². The molecule has 0 radical (unpaired) electrons. The van der Waals surface area contributed by atoms with E-state index in [0.29, 0.717) is 13.0 Å². The molecule has 3 heteroatoms. The maximum atomic E-state index is 12.0. The highest BCUT2D eigenvalue weighted by molar-refractivity contribution is 5.96. The Hall–Kier alpha value is -2.68. The van der Waals surface area contributed by atoms with Gasteiger partial charge >= 0.3 is 0 Å². The summed E-state index contributed by atoms with van der Waals surface area (Å²) in [6.07, 6.45) is 0.457. The van der Waals surface area contributed by atoms with Crippen LogP contribution < -0.4 is 5.32 Å². The molecule has 2 aromatic carbocycles. The Balaban J connectivity index is 1.60. The topological polar surface area (TPSA) is 42.0 Å².